The molecule has 12 heteroatoms. The molecule has 3 rings (SSSR count). The molecule has 0 saturated carbocycles. The Hall–Kier alpha value is -2.86. The molecule has 4 N–H and O–H groups in total. The van der Waals surface area contributed by atoms with Gasteiger partial charge >= 0.3 is 5.97 Å². The van der Waals surface area contributed by atoms with E-state index in [4.69, 9.17) is 26.8 Å². The number of hydrogen-bond acceptors (Lipinski definition) is 10. The normalized spacial score (nSPS) is 13.7. The number of hydrogen-bond donors (Lipinski definition) is 3. The van der Waals surface area contributed by atoms with Crippen LogP contribution in [0.25, 0.3) is 16.9 Å². The Labute approximate surface area is 208 Å². The maximum absolute atomic E-state index is 12.6. The van der Waals surface area contributed by atoms with Gasteiger partial charge < -0.3 is 25.4 Å². The van der Waals surface area contributed by atoms with Gasteiger partial charge in [0.1, 0.15) is 16.5 Å². The lowest BCUT2D eigenvalue weighted by atomic mass is 10.1. The third-order valence-corrected chi connectivity index (χ3v) is 5.53. The van der Waals surface area contributed by atoms with E-state index in [0.29, 0.717) is 28.2 Å². The quantitative estimate of drug-likeness (QED) is 0.305. The summed E-state index contributed by atoms with van der Waals surface area (Å²) in [5.74, 6) is 0.354. The minimum atomic E-state index is -1.28. The number of carbonyl (C=O) groups excluding carboxylic acids is 1. The summed E-state index contributed by atoms with van der Waals surface area (Å²) in [4.78, 5) is 25.9. The van der Waals surface area contributed by atoms with Crippen molar-refractivity contribution in [1.82, 2.24) is 24.7 Å². The Morgan fingerprint density at radius 2 is 1.97 bits per heavy atom. The van der Waals surface area contributed by atoms with Crippen molar-refractivity contribution in [1.29, 1.82) is 0 Å². The highest BCUT2D eigenvalue weighted by atomic mass is 35.5. The van der Waals surface area contributed by atoms with E-state index in [1.807, 2.05) is 13.8 Å². The van der Waals surface area contributed by atoms with Crippen LogP contribution in [0, 0.1) is 13.8 Å². The lowest BCUT2D eigenvalue weighted by Gasteiger charge is -2.21. The van der Waals surface area contributed by atoms with Gasteiger partial charge in [-0.05, 0) is 47.5 Å². The Bertz CT molecular complexity index is 1240. The molecule has 2 atom stereocenters. The molecular weight excluding hydrogens is 476 g/mol. The van der Waals surface area contributed by atoms with Crippen LogP contribution in [0.1, 0.15) is 55.9 Å². The average Bonchev–Trinajstić information content (AvgIpc) is 3.15. The standard InChI is InChI=1S/C23H31ClN6O5/c1-11-9-26-20(12(2)17(11)34-6)30-21-15(14(29-30)8-7-13(32)10-31)18(24)27-19(28-21)16(25)22(33)35-23(3,4)5/h9,13,16,31-32H,7-8,10,25H2,1-6H3. The number of esters is 1. The number of nitrogens with zero attached hydrogens (tertiary/aromatic N) is 5. The van der Waals surface area contributed by atoms with E-state index in [1.165, 1.54) is 4.68 Å². The van der Waals surface area contributed by atoms with Gasteiger partial charge in [-0.15, -0.1) is 0 Å². The number of methoxy groups -OCH3 is 1. The van der Waals surface area contributed by atoms with E-state index in [0.717, 1.165) is 5.56 Å². The van der Waals surface area contributed by atoms with Gasteiger partial charge in [-0.2, -0.15) is 9.78 Å². The summed E-state index contributed by atoms with van der Waals surface area (Å²) in [7, 11) is 1.57. The van der Waals surface area contributed by atoms with Crippen molar-refractivity contribution in [2.45, 2.75) is 65.2 Å². The number of pyridine rings is 1. The predicted octanol–water partition coefficient (Wildman–Crippen LogP) is 2.12. The number of ether oxygens (including phenoxy) is 2. The first-order valence-electron chi connectivity index (χ1n) is 11.1. The zero-order chi connectivity index (χ0) is 26.1. The van der Waals surface area contributed by atoms with Gasteiger partial charge in [-0.3, -0.25) is 0 Å². The predicted molar refractivity (Wildman–Crippen MR) is 130 cm³/mol. The van der Waals surface area contributed by atoms with Crippen LogP contribution >= 0.6 is 11.6 Å². The molecular formula is C23H31ClN6O5. The number of nitrogens with two attached hydrogens (primary N) is 1. The van der Waals surface area contributed by atoms with E-state index in [2.05, 4.69) is 20.1 Å². The lowest BCUT2D eigenvalue weighted by Crippen LogP contribution is -2.32. The molecule has 3 heterocycles. The molecule has 0 bridgehead atoms. The van der Waals surface area contributed by atoms with E-state index in [1.54, 1.807) is 34.1 Å². The Morgan fingerprint density at radius 3 is 2.57 bits per heavy atom. The highest BCUT2D eigenvalue weighted by Gasteiger charge is 2.29. The molecule has 0 aromatic carbocycles. The number of carbonyl (C=O) groups is 1. The third kappa shape index (κ3) is 5.69. The van der Waals surface area contributed by atoms with Crippen molar-refractivity contribution in [3.05, 3.63) is 34.0 Å². The summed E-state index contributed by atoms with van der Waals surface area (Å²) in [6.45, 7) is 8.53. The van der Waals surface area contributed by atoms with Gasteiger partial charge in [0.15, 0.2) is 23.3 Å². The van der Waals surface area contributed by atoms with Gasteiger partial charge in [0.05, 0.1) is 30.9 Å². The second-order valence-corrected chi connectivity index (χ2v) is 9.60. The molecule has 0 aliphatic carbocycles. The number of fused-ring (bicyclic) bond motifs is 1. The van der Waals surface area contributed by atoms with Crippen LogP contribution < -0.4 is 10.5 Å². The SMILES string of the molecule is COc1c(C)cnc(-n2nc(CCC(O)CO)c3c(Cl)nc(C(N)C(=O)OC(C)(C)C)nc32)c1C. The molecule has 0 amide bonds. The Morgan fingerprint density at radius 1 is 1.29 bits per heavy atom. The van der Waals surface area contributed by atoms with Crippen LogP contribution in [-0.2, 0) is 16.0 Å². The van der Waals surface area contributed by atoms with E-state index in [9.17, 15) is 15.0 Å². The molecule has 0 fully saturated rings. The number of rotatable bonds is 8. The van der Waals surface area contributed by atoms with Gasteiger partial charge in [0, 0.05) is 17.3 Å². The molecule has 3 aromatic heterocycles. The highest BCUT2D eigenvalue weighted by Crippen LogP contribution is 2.32. The molecule has 2 unspecified atom stereocenters. The van der Waals surface area contributed by atoms with E-state index < -0.39 is 23.7 Å². The minimum Gasteiger partial charge on any atom is -0.496 e. The molecule has 3 aromatic rings. The first-order chi connectivity index (χ1) is 16.4. The average molecular weight is 507 g/mol. The minimum absolute atomic E-state index is 0.0310. The third-order valence-electron chi connectivity index (χ3n) is 5.26. The van der Waals surface area contributed by atoms with Gasteiger partial charge in [-0.1, -0.05) is 11.6 Å². The van der Waals surface area contributed by atoms with Crippen LogP contribution in [0.5, 0.6) is 5.75 Å². The van der Waals surface area contributed by atoms with Crippen molar-refractivity contribution in [3.63, 3.8) is 0 Å². The first-order valence-corrected chi connectivity index (χ1v) is 11.5. The highest BCUT2D eigenvalue weighted by molar-refractivity contribution is 6.34. The monoisotopic (exact) mass is 506 g/mol. The number of aryl methyl sites for hydroxylation is 2. The van der Waals surface area contributed by atoms with E-state index >= 15 is 0 Å². The molecule has 11 nitrogen and oxygen atoms in total. The van der Waals surface area contributed by atoms with Gasteiger partial charge in [0.25, 0.3) is 0 Å². The molecule has 0 aliphatic heterocycles. The largest absolute Gasteiger partial charge is 0.496 e. The maximum atomic E-state index is 12.6. The van der Waals surface area contributed by atoms with Crippen molar-refractivity contribution in [2.75, 3.05) is 13.7 Å². The fourth-order valence-corrected chi connectivity index (χ4v) is 3.90. The molecule has 0 saturated heterocycles. The van der Waals surface area contributed by atoms with Crippen molar-refractivity contribution in [2.24, 2.45) is 5.73 Å². The van der Waals surface area contributed by atoms with Gasteiger partial charge in [0.2, 0.25) is 0 Å². The number of halogens is 1. The van der Waals surface area contributed by atoms with Crippen LogP contribution in [0.2, 0.25) is 5.15 Å². The summed E-state index contributed by atoms with van der Waals surface area (Å²) < 4.78 is 12.4. The summed E-state index contributed by atoms with van der Waals surface area (Å²) in [5, 5.41) is 24.2. The molecule has 0 aliphatic rings. The van der Waals surface area contributed by atoms with Crippen LogP contribution in [0.4, 0.5) is 0 Å². The summed E-state index contributed by atoms with van der Waals surface area (Å²) in [6, 6.07) is -1.28. The van der Waals surface area contributed by atoms with Crippen molar-refractivity contribution >= 4 is 28.6 Å². The molecule has 0 spiro atoms. The van der Waals surface area contributed by atoms with Crippen LogP contribution in [0.15, 0.2) is 6.20 Å². The Kier molecular flexibility index (Phi) is 7.95. The molecule has 190 valence electrons. The smallest absolute Gasteiger partial charge is 0.331 e. The summed E-state index contributed by atoms with van der Waals surface area (Å²) >= 11 is 6.55. The molecule has 0 radical (unpaired) electrons. The Balaban J connectivity index is 2.21. The zero-order valence-electron chi connectivity index (χ0n) is 20.7. The topological polar surface area (TPSA) is 158 Å². The van der Waals surface area contributed by atoms with Gasteiger partial charge in [-0.25, -0.2) is 19.7 Å². The van der Waals surface area contributed by atoms with Crippen molar-refractivity contribution < 1.29 is 24.5 Å². The van der Waals surface area contributed by atoms with Crippen LogP contribution in [-0.4, -0.2) is 66.3 Å². The first kappa shape index (κ1) is 26.7. The summed E-state index contributed by atoms with van der Waals surface area (Å²) in [6.07, 6.45) is 1.25. The maximum Gasteiger partial charge on any atom is 0.331 e. The zero-order valence-corrected chi connectivity index (χ0v) is 21.4. The lowest BCUT2D eigenvalue weighted by molar-refractivity contribution is -0.156. The second kappa shape index (κ2) is 10.4. The second-order valence-electron chi connectivity index (χ2n) is 9.24. The fourth-order valence-electron chi connectivity index (χ4n) is 3.62. The van der Waals surface area contributed by atoms with Crippen molar-refractivity contribution in [3.8, 4) is 11.6 Å². The number of aliphatic hydroxyl groups excluding tert-OH is 2. The van der Waals surface area contributed by atoms with E-state index in [-0.39, 0.29) is 36.1 Å². The number of aliphatic hydroxyl groups is 2. The number of aromatic nitrogens is 5. The fraction of sp³-hybridized carbons (Fsp3) is 0.522. The van der Waals surface area contributed by atoms with Crippen LogP contribution in [0.3, 0.4) is 0 Å². The molecule has 35 heavy (non-hydrogen) atoms. The summed E-state index contributed by atoms with van der Waals surface area (Å²) in [5.41, 5.74) is 7.72.